The van der Waals surface area contributed by atoms with Crippen LogP contribution in [0.3, 0.4) is 0 Å². The van der Waals surface area contributed by atoms with Crippen LogP contribution in [0.15, 0.2) is 34.1 Å². The lowest BCUT2D eigenvalue weighted by Gasteiger charge is -2.15. The van der Waals surface area contributed by atoms with E-state index in [1.807, 2.05) is 19.1 Å². The fraction of sp³-hybridized carbons (Fsp3) is 0.391. The molecule has 0 bridgehead atoms. The SMILES string of the molecule is COc1cc2cncc(Cc3nc4c([nH]3)c(=O)n(C)c(=O)n4C(C)C3CC3)c2cc1OC. The van der Waals surface area contributed by atoms with Gasteiger partial charge >= 0.3 is 5.69 Å². The van der Waals surface area contributed by atoms with Gasteiger partial charge in [0.2, 0.25) is 0 Å². The summed E-state index contributed by atoms with van der Waals surface area (Å²) in [5.74, 6) is 2.30. The zero-order valence-electron chi connectivity index (χ0n) is 18.5. The molecular formula is C23H25N5O4. The number of imidazole rings is 1. The van der Waals surface area contributed by atoms with Crippen LogP contribution in [0.5, 0.6) is 11.5 Å². The number of aromatic amines is 1. The summed E-state index contributed by atoms with van der Waals surface area (Å²) in [4.78, 5) is 37.9. The van der Waals surface area contributed by atoms with Gasteiger partial charge in [-0.05, 0) is 48.8 Å². The number of pyridine rings is 1. The molecule has 5 rings (SSSR count). The topological polar surface area (TPSA) is 104 Å². The summed E-state index contributed by atoms with van der Waals surface area (Å²) in [5, 5.41) is 1.86. The molecule has 9 nitrogen and oxygen atoms in total. The number of hydrogen-bond donors (Lipinski definition) is 1. The first-order chi connectivity index (χ1) is 15.4. The van der Waals surface area contributed by atoms with Gasteiger partial charge in [0.15, 0.2) is 17.1 Å². The Kier molecular flexibility index (Phi) is 4.76. The molecule has 0 aliphatic heterocycles. The largest absolute Gasteiger partial charge is 0.493 e. The maximum atomic E-state index is 12.9. The summed E-state index contributed by atoms with van der Waals surface area (Å²) in [6.45, 7) is 2.02. The van der Waals surface area contributed by atoms with Gasteiger partial charge in [0.1, 0.15) is 11.3 Å². The Hall–Kier alpha value is -3.62. The molecule has 3 heterocycles. The van der Waals surface area contributed by atoms with Crippen LogP contribution in [-0.4, -0.2) is 38.3 Å². The number of benzene rings is 1. The predicted molar refractivity (Wildman–Crippen MR) is 121 cm³/mol. The molecule has 0 saturated heterocycles. The third kappa shape index (κ3) is 3.16. The van der Waals surface area contributed by atoms with Crippen molar-refractivity contribution >= 4 is 21.9 Å². The maximum Gasteiger partial charge on any atom is 0.332 e. The molecule has 4 aromatic rings. The van der Waals surface area contributed by atoms with Gasteiger partial charge in [0, 0.05) is 37.3 Å². The normalized spacial score (nSPS) is 14.8. The quantitative estimate of drug-likeness (QED) is 0.499. The molecule has 0 spiro atoms. The highest BCUT2D eigenvalue weighted by Gasteiger charge is 2.32. The molecular weight excluding hydrogens is 410 g/mol. The van der Waals surface area contributed by atoms with E-state index in [-0.39, 0.29) is 17.3 Å². The molecule has 1 saturated carbocycles. The lowest BCUT2D eigenvalue weighted by atomic mass is 10.0. The Morgan fingerprint density at radius 1 is 1.16 bits per heavy atom. The molecule has 0 amide bonds. The van der Waals surface area contributed by atoms with E-state index in [4.69, 9.17) is 14.5 Å². The molecule has 1 fully saturated rings. The number of H-pyrrole nitrogens is 1. The molecule has 3 aromatic heterocycles. The van der Waals surface area contributed by atoms with E-state index in [1.54, 1.807) is 31.2 Å². The van der Waals surface area contributed by atoms with E-state index in [0.717, 1.165) is 33.7 Å². The van der Waals surface area contributed by atoms with E-state index < -0.39 is 0 Å². The number of ether oxygens (including phenoxy) is 2. The molecule has 1 N–H and O–H groups in total. The van der Waals surface area contributed by atoms with Crippen molar-refractivity contribution in [1.82, 2.24) is 24.1 Å². The van der Waals surface area contributed by atoms with E-state index in [1.165, 1.54) is 7.05 Å². The second kappa shape index (κ2) is 7.51. The van der Waals surface area contributed by atoms with Crippen LogP contribution >= 0.6 is 0 Å². The number of aromatic nitrogens is 5. The van der Waals surface area contributed by atoms with Gasteiger partial charge in [-0.15, -0.1) is 0 Å². The highest BCUT2D eigenvalue weighted by molar-refractivity contribution is 5.88. The van der Waals surface area contributed by atoms with Gasteiger partial charge in [0.05, 0.1) is 14.2 Å². The number of nitrogens with one attached hydrogen (secondary N) is 1. The fourth-order valence-electron chi connectivity index (χ4n) is 4.36. The number of rotatable bonds is 6. The van der Waals surface area contributed by atoms with Crippen molar-refractivity contribution in [3.63, 3.8) is 0 Å². The number of hydrogen-bond acceptors (Lipinski definition) is 6. The summed E-state index contributed by atoms with van der Waals surface area (Å²) >= 11 is 0. The smallest absolute Gasteiger partial charge is 0.332 e. The number of fused-ring (bicyclic) bond motifs is 2. The Bertz CT molecular complexity index is 1460. The summed E-state index contributed by atoms with van der Waals surface area (Å²) in [5.41, 5.74) is 0.986. The van der Waals surface area contributed by atoms with Crippen molar-refractivity contribution in [3.05, 3.63) is 56.8 Å². The maximum absolute atomic E-state index is 12.9. The monoisotopic (exact) mass is 435 g/mol. The molecule has 9 heteroatoms. The lowest BCUT2D eigenvalue weighted by molar-refractivity contribution is 0.356. The van der Waals surface area contributed by atoms with Gasteiger partial charge in [-0.1, -0.05) is 0 Å². The lowest BCUT2D eigenvalue weighted by Crippen LogP contribution is -2.39. The standard InChI is InChI=1S/C23H25N5O4/c1-12(13-5-6-13)28-21-20(22(29)27(2)23(28)30)25-19(26-21)8-15-11-24-10-14-7-17(31-3)18(32-4)9-16(14)15/h7,9-13H,5-6,8H2,1-4H3,(H,25,26). The van der Waals surface area contributed by atoms with Gasteiger partial charge in [-0.25, -0.2) is 9.78 Å². The van der Waals surface area contributed by atoms with Crippen molar-refractivity contribution in [2.24, 2.45) is 13.0 Å². The van der Waals surface area contributed by atoms with Crippen molar-refractivity contribution in [2.75, 3.05) is 14.2 Å². The fourth-order valence-corrected chi connectivity index (χ4v) is 4.36. The van der Waals surface area contributed by atoms with E-state index in [2.05, 4.69) is 9.97 Å². The zero-order chi connectivity index (χ0) is 22.6. The van der Waals surface area contributed by atoms with Crippen LogP contribution in [-0.2, 0) is 13.5 Å². The van der Waals surface area contributed by atoms with Gasteiger partial charge in [-0.3, -0.25) is 18.9 Å². The Labute approximate surface area is 183 Å². The third-order valence-corrected chi connectivity index (χ3v) is 6.39. The summed E-state index contributed by atoms with van der Waals surface area (Å²) in [7, 11) is 4.70. The summed E-state index contributed by atoms with van der Waals surface area (Å²) < 4.78 is 13.7. The average molecular weight is 435 g/mol. The Balaban J connectivity index is 1.65. The van der Waals surface area contributed by atoms with E-state index in [9.17, 15) is 9.59 Å². The predicted octanol–water partition coefficient (Wildman–Crippen LogP) is 2.55. The van der Waals surface area contributed by atoms with Crippen molar-refractivity contribution in [2.45, 2.75) is 32.2 Å². The van der Waals surface area contributed by atoms with Crippen LogP contribution in [0.25, 0.3) is 21.9 Å². The average Bonchev–Trinajstić information content (AvgIpc) is 3.57. The van der Waals surface area contributed by atoms with Gasteiger partial charge < -0.3 is 14.5 Å². The molecule has 166 valence electrons. The second-order valence-electron chi connectivity index (χ2n) is 8.38. The number of nitrogens with zero attached hydrogens (tertiary/aromatic N) is 4. The highest BCUT2D eigenvalue weighted by Crippen LogP contribution is 2.39. The second-order valence-corrected chi connectivity index (χ2v) is 8.38. The Morgan fingerprint density at radius 2 is 1.88 bits per heavy atom. The van der Waals surface area contributed by atoms with Crippen LogP contribution in [0.1, 0.15) is 37.2 Å². The van der Waals surface area contributed by atoms with Crippen molar-refractivity contribution in [1.29, 1.82) is 0 Å². The first kappa shape index (κ1) is 20.3. The molecule has 1 unspecified atom stereocenters. The highest BCUT2D eigenvalue weighted by atomic mass is 16.5. The van der Waals surface area contributed by atoms with Gasteiger partial charge in [0.25, 0.3) is 5.56 Å². The van der Waals surface area contributed by atoms with Gasteiger partial charge in [-0.2, -0.15) is 0 Å². The van der Waals surface area contributed by atoms with Crippen molar-refractivity contribution in [3.8, 4) is 11.5 Å². The van der Waals surface area contributed by atoms with Crippen LogP contribution < -0.4 is 20.7 Å². The van der Waals surface area contributed by atoms with E-state index >= 15 is 0 Å². The first-order valence-electron chi connectivity index (χ1n) is 10.6. The minimum absolute atomic E-state index is 0.0103. The summed E-state index contributed by atoms with van der Waals surface area (Å²) in [6.07, 6.45) is 6.14. The molecule has 1 aliphatic carbocycles. The summed E-state index contributed by atoms with van der Waals surface area (Å²) in [6, 6.07) is 3.79. The molecule has 32 heavy (non-hydrogen) atoms. The number of methoxy groups -OCH3 is 2. The molecule has 1 atom stereocenters. The third-order valence-electron chi connectivity index (χ3n) is 6.39. The molecule has 1 aliphatic rings. The minimum Gasteiger partial charge on any atom is -0.493 e. The zero-order valence-corrected chi connectivity index (χ0v) is 18.5. The molecule has 1 aromatic carbocycles. The molecule has 0 radical (unpaired) electrons. The van der Waals surface area contributed by atoms with E-state index in [0.29, 0.717) is 40.8 Å². The van der Waals surface area contributed by atoms with Crippen LogP contribution in [0.2, 0.25) is 0 Å². The first-order valence-corrected chi connectivity index (χ1v) is 10.6. The van der Waals surface area contributed by atoms with Crippen LogP contribution in [0.4, 0.5) is 0 Å². The van der Waals surface area contributed by atoms with Crippen molar-refractivity contribution < 1.29 is 9.47 Å². The Morgan fingerprint density at radius 3 is 2.56 bits per heavy atom. The minimum atomic E-state index is -0.370. The van der Waals surface area contributed by atoms with Crippen LogP contribution in [0, 0.1) is 5.92 Å².